The number of aliphatic imine (C=N–C) groups is 1. The van der Waals surface area contributed by atoms with Gasteiger partial charge in [-0.1, -0.05) is 115 Å². The Bertz CT molecular complexity index is 2950. The third kappa shape index (κ3) is 4.33. The Morgan fingerprint density at radius 1 is 0.608 bits per heavy atom. The predicted molar refractivity (Wildman–Crippen MR) is 218 cm³/mol. The zero-order valence-electron chi connectivity index (χ0n) is 28.0. The van der Waals surface area contributed by atoms with E-state index in [9.17, 15) is 0 Å². The maximum Gasteiger partial charge on any atom is 0.132 e. The van der Waals surface area contributed by atoms with Crippen LogP contribution in [0.25, 0.3) is 75.8 Å². The molecule has 4 heteroatoms. The highest BCUT2D eigenvalue weighted by atomic mass is 32.1. The highest BCUT2D eigenvalue weighted by Crippen LogP contribution is 2.44. The number of dihydropyridines is 1. The molecule has 9 aromatic rings. The van der Waals surface area contributed by atoms with E-state index in [1.165, 1.54) is 86.5 Å². The van der Waals surface area contributed by atoms with Gasteiger partial charge in [-0.15, -0.1) is 11.3 Å². The number of fused-ring (bicyclic) bond motifs is 10. The van der Waals surface area contributed by atoms with Gasteiger partial charge in [-0.25, -0.2) is 0 Å². The second-order valence-corrected chi connectivity index (χ2v) is 14.8. The van der Waals surface area contributed by atoms with E-state index in [-0.39, 0.29) is 6.04 Å². The topological polar surface area (TPSA) is 22.2 Å². The number of thiophene rings is 1. The monoisotopic (exact) mass is 671 g/mol. The molecule has 6 aromatic carbocycles. The van der Waals surface area contributed by atoms with Crippen LogP contribution >= 0.6 is 11.3 Å². The number of aromatic nitrogens is 2. The minimum Gasteiger partial charge on any atom is -0.309 e. The number of benzene rings is 6. The number of hydrogen-bond acceptors (Lipinski definition) is 2. The molecule has 1 atom stereocenters. The van der Waals surface area contributed by atoms with Crippen LogP contribution in [0.1, 0.15) is 35.7 Å². The van der Waals surface area contributed by atoms with Crippen molar-refractivity contribution in [1.82, 2.24) is 9.13 Å². The molecule has 0 spiro atoms. The zero-order chi connectivity index (χ0) is 33.5. The molecule has 3 nitrogen and oxygen atoms in total. The minimum absolute atomic E-state index is 0.120. The third-order valence-electron chi connectivity index (χ3n) is 10.9. The van der Waals surface area contributed by atoms with Crippen LogP contribution in [0.4, 0.5) is 0 Å². The lowest BCUT2D eigenvalue weighted by atomic mass is 9.99. The van der Waals surface area contributed by atoms with E-state index in [0.717, 1.165) is 25.1 Å². The van der Waals surface area contributed by atoms with Crippen molar-refractivity contribution in [2.24, 2.45) is 4.99 Å². The van der Waals surface area contributed by atoms with Crippen LogP contribution < -0.4 is 0 Å². The van der Waals surface area contributed by atoms with Gasteiger partial charge in [-0.3, -0.25) is 9.56 Å². The molecule has 11 rings (SSSR count). The number of allylic oxidation sites excluding steroid dienone is 2. The first-order valence-corrected chi connectivity index (χ1v) is 18.7. The quantitative estimate of drug-likeness (QED) is 0.178. The van der Waals surface area contributed by atoms with E-state index in [2.05, 4.69) is 167 Å². The summed E-state index contributed by atoms with van der Waals surface area (Å²) >= 11 is 1.89. The SMILES string of the molecule is C1=Cc2c(n(C3=NC(c4ccccc4)CC=C3)c3ccc4c(c5ccccc5n4-c4cccc(-c5cccc6c5sc5ccccc56)c4)c23)CC1. The molecule has 0 radical (unpaired) electrons. The van der Waals surface area contributed by atoms with Crippen molar-refractivity contribution in [3.63, 3.8) is 0 Å². The Balaban J connectivity index is 1.14. The first-order chi connectivity index (χ1) is 25.3. The number of rotatable bonds is 3. The second kappa shape index (κ2) is 11.3. The fraction of sp³-hybridized carbons (Fsp3) is 0.0851. The van der Waals surface area contributed by atoms with Crippen molar-refractivity contribution in [3.8, 4) is 16.8 Å². The van der Waals surface area contributed by atoms with Crippen LogP contribution in [0.3, 0.4) is 0 Å². The molecule has 0 amide bonds. The Morgan fingerprint density at radius 2 is 1.39 bits per heavy atom. The number of para-hydroxylation sites is 1. The minimum atomic E-state index is 0.120. The molecule has 4 heterocycles. The van der Waals surface area contributed by atoms with Crippen molar-refractivity contribution in [2.45, 2.75) is 25.3 Å². The van der Waals surface area contributed by atoms with Gasteiger partial charge in [-0.05, 0) is 78.4 Å². The van der Waals surface area contributed by atoms with Crippen molar-refractivity contribution in [1.29, 1.82) is 0 Å². The Labute approximate surface area is 299 Å². The van der Waals surface area contributed by atoms with Gasteiger partial charge in [0.05, 0.1) is 22.6 Å². The fourth-order valence-corrected chi connectivity index (χ4v) is 9.91. The highest BCUT2D eigenvalue weighted by Gasteiger charge is 2.26. The summed E-state index contributed by atoms with van der Waals surface area (Å²) in [5, 5.41) is 6.56. The summed E-state index contributed by atoms with van der Waals surface area (Å²) < 4.78 is 7.60. The molecule has 51 heavy (non-hydrogen) atoms. The van der Waals surface area contributed by atoms with Gasteiger partial charge in [0, 0.05) is 53.3 Å². The average Bonchev–Trinajstić information content (AvgIpc) is 3.86. The third-order valence-corrected chi connectivity index (χ3v) is 12.1. The van der Waals surface area contributed by atoms with Gasteiger partial charge in [-0.2, -0.15) is 0 Å². The van der Waals surface area contributed by atoms with Crippen LogP contribution in [-0.4, -0.2) is 15.0 Å². The Morgan fingerprint density at radius 3 is 2.31 bits per heavy atom. The largest absolute Gasteiger partial charge is 0.309 e. The first-order valence-electron chi connectivity index (χ1n) is 17.9. The van der Waals surface area contributed by atoms with Gasteiger partial charge < -0.3 is 4.57 Å². The molecular formula is C47H33N3S. The van der Waals surface area contributed by atoms with Gasteiger partial charge in [0.1, 0.15) is 5.84 Å². The van der Waals surface area contributed by atoms with Gasteiger partial charge in [0.15, 0.2) is 0 Å². The molecule has 2 aliphatic rings. The van der Waals surface area contributed by atoms with Crippen molar-refractivity contribution < 1.29 is 0 Å². The molecule has 0 saturated carbocycles. The summed E-state index contributed by atoms with van der Waals surface area (Å²) in [4.78, 5) is 5.39. The predicted octanol–water partition coefficient (Wildman–Crippen LogP) is 12.7. The van der Waals surface area contributed by atoms with E-state index in [1.807, 2.05) is 11.3 Å². The van der Waals surface area contributed by atoms with Gasteiger partial charge in [0.2, 0.25) is 0 Å². The summed E-state index contributed by atoms with van der Waals surface area (Å²) in [5.41, 5.74) is 11.3. The second-order valence-electron chi connectivity index (χ2n) is 13.7. The average molecular weight is 672 g/mol. The van der Waals surface area contributed by atoms with Gasteiger partial charge in [0.25, 0.3) is 0 Å². The number of hydrogen-bond donors (Lipinski definition) is 0. The summed E-state index contributed by atoms with van der Waals surface area (Å²) in [6.07, 6.45) is 12.2. The van der Waals surface area contributed by atoms with E-state index >= 15 is 0 Å². The van der Waals surface area contributed by atoms with E-state index in [0.29, 0.717) is 0 Å². The molecule has 0 fully saturated rings. The van der Waals surface area contributed by atoms with E-state index in [4.69, 9.17) is 4.99 Å². The fourth-order valence-electron chi connectivity index (χ4n) is 8.67. The highest BCUT2D eigenvalue weighted by molar-refractivity contribution is 7.26. The van der Waals surface area contributed by atoms with Crippen LogP contribution in [0, 0.1) is 0 Å². The van der Waals surface area contributed by atoms with Crippen LogP contribution in [0.15, 0.2) is 157 Å². The summed E-state index contributed by atoms with van der Waals surface area (Å²) in [6.45, 7) is 0. The van der Waals surface area contributed by atoms with E-state index < -0.39 is 0 Å². The van der Waals surface area contributed by atoms with E-state index in [1.54, 1.807) is 0 Å². The first kappa shape index (κ1) is 28.8. The lowest BCUT2D eigenvalue weighted by Gasteiger charge is -2.20. The molecule has 1 aliphatic carbocycles. The molecule has 0 bridgehead atoms. The molecule has 242 valence electrons. The van der Waals surface area contributed by atoms with Crippen LogP contribution in [-0.2, 0) is 6.42 Å². The van der Waals surface area contributed by atoms with Gasteiger partial charge >= 0.3 is 0 Å². The lowest BCUT2D eigenvalue weighted by molar-refractivity contribution is 0.727. The molecule has 3 aromatic heterocycles. The Hall–Kier alpha value is -5.97. The summed E-state index contributed by atoms with van der Waals surface area (Å²) in [5.74, 6) is 1.03. The van der Waals surface area contributed by atoms with Crippen LogP contribution in [0.2, 0.25) is 0 Å². The number of nitrogens with zero attached hydrogens (tertiary/aromatic N) is 3. The zero-order valence-corrected chi connectivity index (χ0v) is 28.8. The summed E-state index contributed by atoms with van der Waals surface area (Å²) in [6, 6.07) is 49.1. The molecule has 0 N–H and O–H groups in total. The molecule has 1 aliphatic heterocycles. The lowest BCUT2D eigenvalue weighted by Crippen LogP contribution is -2.17. The van der Waals surface area contributed by atoms with Crippen molar-refractivity contribution in [3.05, 3.63) is 169 Å². The van der Waals surface area contributed by atoms with Crippen molar-refractivity contribution in [2.75, 3.05) is 0 Å². The smallest absolute Gasteiger partial charge is 0.132 e. The normalized spacial score (nSPS) is 15.8. The maximum atomic E-state index is 5.39. The maximum absolute atomic E-state index is 5.39. The molecular weight excluding hydrogens is 639 g/mol. The summed E-state index contributed by atoms with van der Waals surface area (Å²) in [7, 11) is 0. The molecule has 1 unspecified atom stereocenters. The standard InChI is InChI=1S/C47H33N3S/c1-2-13-30(14-3-1)38-22-12-26-44(48-38)50-40-24-8-5-19-37(40)46-42(50)28-27-41-45(46)36-18-4-7-23-39(36)49(41)32-16-10-15-31(29-32)33-20-11-21-35-34-17-6-9-25-43(34)51-47(33)35/h1-7,9-21,23,25-29,38H,8,22,24H2. The Kier molecular flexibility index (Phi) is 6.37. The van der Waals surface area contributed by atoms with Crippen molar-refractivity contribution >= 4 is 76.1 Å². The molecule has 0 saturated heterocycles. The van der Waals surface area contributed by atoms with Crippen LogP contribution in [0.5, 0.6) is 0 Å².